The van der Waals surface area contributed by atoms with Gasteiger partial charge in [-0.15, -0.1) is 0 Å². The lowest BCUT2D eigenvalue weighted by molar-refractivity contribution is 0.0742. The van der Waals surface area contributed by atoms with E-state index in [1.54, 1.807) is 30.5 Å². The van der Waals surface area contributed by atoms with E-state index in [0.717, 1.165) is 41.8 Å². The molecule has 0 bridgehead atoms. The molecular weight excluding hydrogens is 388 g/mol. The van der Waals surface area contributed by atoms with E-state index >= 15 is 0 Å². The Morgan fingerprint density at radius 3 is 2.81 bits per heavy atom. The quantitative estimate of drug-likeness (QED) is 0.553. The number of nitriles is 1. The monoisotopic (exact) mass is 410 g/mol. The van der Waals surface area contributed by atoms with Crippen LogP contribution in [-0.4, -0.2) is 43.1 Å². The molecule has 5 rings (SSSR count). The van der Waals surface area contributed by atoms with Crippen molar-refractivity contribution in [3.8, 4) is 17.3 Å². The molecule has 0 spiro atoms. The van der Waals surface area contributed by atoms with Crippen molar-refractivity contribution < 1.29 is 4.79 Å². The van der Waals surface area contributed by atoms with E-state index in [9.17, 15) is 4.79 Å². The largest absolute Gasteiger partial charge is 0.346 e. The van der Waals surface area contributed by atoms with Crippen molar-refractivity contribution in [2.45, 2.75) is 25.9 Å². The highest BCUT2D eigenvalue weighted by molar-refractivity contribution is 5.94. The molecule has 2 unspecified atom stereocenters. The number of aromatic amines is 1. The first-order valence-corrected chi connectivity index (χ1v) is 10.4. The number of aromatic nitrogens is 4. The lowest BCUT2D eigenvalue weighted by Crippen LogP contribution is -2.34. The molecule has 4 aromatic rings. The Hall–Kier alpha value is -3.92. The van der Waals surface area contributed by atoms with Crippen LogP contribution in [0.3, 0.4) is 0 Å². The minimum Gasteiger partial charge on any atom is -0.346 e. The third-order valence-electron chi connectivity index (χ3n) is 6.06. The van der Waals surface area contributed by atoms with Gasteiger partial charge in [0.15, 0.2) is 0 Å². The molecule has 1 saturated heterocycles. The number of H-pyrrole nitrogens is 1. The minimum atomic E-state index is 0.0308. The summed E-state index contributed by atoms with van der Waals surface area (Å²) in [5, 5.41) is 15.8. The van der Waals surface area contributed by atoms with Crippen molar-refractivity contribution in [1.82, 2.24) is 24.6 Å². The molecule has 1 aromatic carbocycles. The van der Waals surface area contributed by atoms with Gasteiger partial charge in [-0.05, 0) is 61.7 Å². The fraction of sp³-hybridized carbons (Fsp3) is 0.250. The molecule has 2 atom stereocenters. The number of rotatable bonds is 4. The van der Waals surface area contributed by atoms with Gasteiger partial charge in [-0.1, -0.05) is 0 Å². The fourth-order valence-corrected chi connectivity index (χ4v) is 4.47. The zero-order chi connectivity index (χ0) is 21.4. The van der Waals surface area contributed by atoms with Crippen LogP contribution in [0.4, 0.5) is 0 Å². The molecule has 1 aliphatic rings. The molecule has 154 valence electrons. The molecule has 3 aromatic heterocycles. The number of pyridine rings is 1. The predicted molar refractivity (Wildman–Crippen MR) is 117 cm³/mol. The van der Waals surface area contributed by atoms with Crippen molar-refractivity contribution in [1.29, 1.82) is 5.26 Å². The lowest BCUT2D eigenvalue weighted by atomic mass is 10.1. The first-order chi connectivity index (χ1) is 15.1. The van der Waals surface area contributed by atoms with Gasteiger partial charge in [0, 0.05) is 42.7 Å². The zero-order valence-corrected chi connectivity index (χ0v) is 17.2. The Kier molecular flexibility index (Phi) is 4.75. The van der Waals surface area contributed by atoms with Crippen LogP contribution in [0.1, 0.15) is 29.3 Å². The van der Waals surface area contributed by atoms with Gasteiger partial charge in [0.2, 0.25) is 0 Å². The average molecular weight is 410 g/mol. The van der Waals surface area contributed by atoms with Gasteiger partial charge in [-0.3, -0.25) is 9.89 Å². The second kappa shape index (κ2) is 7.73. The predicted octanol–water partition coefficient (Wildman–Crippen LogP) is 3.85. The summed E-state index contributed by atoms with van der Waals surface area (Å²) in [4.78, 5) is 19.7. The summed E-state index contributed by atoms with van der Waals surface area (Å²) in [7, 11) is 0. The fourth-order valence-electron chi connectivity index (χ4n) is 4.47. The van der Waals surface area contributed by atoms with E-state index in [2.05, 4.69) is 40.0 Å². The first kappa shape index (κ1) is 19.1. The minimum absolute atomic E-state index is 0.0308. The van der Waals surface area contributed by atoms with E-state index in [0.29, 0.717) is 17.0 Å². The molecule has 7 heteroatoms. The van der Waals surface area contributed by atoms with Gasteiger partial charge < -0.3 is 9.47 Å². The summed E-state index contributed by atoms with van der Waals surface area (Å²) < 4.78 is 2.23. The van der Waals surface area contributed by atoms with Crippen LogP contribution in [0.25, 0.3) is 22.3 Å². The lowest BCUT2D eigenvalue weighted by Gasteiger charge is -2.21. The Balaban J connectivity index is 1.31. The molecule has 1 amide bonds. The van der Waals surface area contributed by atoms with Crippen molar-refractivity contribution in [3.05, 3.63) is 72.2 Å². The number of benzene rings is 1. The number of likely N-dealkylation sites (tertiary alicyclic amines) is 1. The number of fused-ring (bicyclic) bond motifs is 1. The summed E-state index contributed by atoms with van der Waals surface area (Å²) in [6.45, 7) is 3.67. The Morgan fingerprint density at radius 1 is 1.23 bits per heavy atom. The second-order valence-electron chi connectivity index (χ2n) is 8.15. The van der Waals surface area contributed by atoms with E-state index in [-0.39, 0.29) is 11.9 Å². The van der Waals surface area contributed by atoms with E-state index in [1.807, 2.05) is 23.2 Å². The van der Waals surface area contributed by atoms with E-state index in [1.165, 1.54) is 0 Å². The van der Waals surface area contributed by atoms with Crippen molar-refractivity contribution in [2.75, 3.05) is 6.54 Å². The van der Waals surface area contributed by atoms with Gasteiger partial charge in [0.1, 0.15) is 0 Å². The average Bonchev–Trinajstić information content (AvgIpc) is 3.54. The number of amides is 1. The SMILES string of the molecule is CC1CC(Cn2ccc3nc(-c4cn[nH]c4)ccc32)CN1C(=O)c1ccc(C#N)cc1. The highest BCUT2D eigenvalue weighted by atomic mass is 16.2. The van der Waals surface area contributed by atoms with Crippen LogP contribution >= 0.6 is 0 Å². The zero-order valence-electron chi connectivity index (χ0n) is 17.2. The maximum absolute atomic E-state index is 13.0. The Bertz CT molecular complexity index is 1270. The molecule has 1 aliphatic heterocycles. The van der Waals surface area contributed by atoms with Crippen LogP contribution in [0.5, 0.6) is 0 Å². The molecule has 0 saturated carbocycles. The molecule has 7 nitrogen and oxygen atoms in total. The summed E-state index contributed by atoms with van der Waals surface area (Å²) in [5.41, 5.74) is 5.11. The van der Waals surface area contributed by atoms with Crippen molar-refractivity contribution >= 4 is 16.9 Å². The third kappa shape index (κ3) is 3.57. The molecule has 4 heterocycles. The van der Waals surface area contributed by atoms with Crippen LogP contribution < -0.4 is 0 Å². The Morgan fingerprint density at radius 2 is 2.06 bits per heavy atom. The van der Waals surface area contributed by atoms with Gasteiger partial charge >= 0.3 is 0 Å². The van der Waals surface area contributed by atoms with Gasteiger partial charge in [-0.2, -0.15) is 10.4 Å². The smallest absolute Gasteiger partial charge is 0.254 e. The first-order valence-electron chi connectivity index (χ1n) is 10.4. The maximum Gasteiger partial charge on any atom is 0.254 e. The highest BCUT2D eigenvalue weighted by Crippen LogP contribution is 2.28. The maximum atomic E-state index is 13.0. The van der Waals surface area contributed by atoms with Crippen LogP contribution in [0.2, 0.25) is 0 Å². The van der Waals surface area contributed by atoms with Gasteiger partial charge in [0.05, 0.1) is 34.6 Å². The van der Waals surface area contributed by atoms with Crippen LogP contribution in [0, 0.1) is 17.2 Å². The summed E-state index contributed by atoms with van der Waals surface area (Å²) >= 11 is 0. The molecule has 1 N–H and O–H groups in total. The summed E-state index contributed by atoms with van der Waals surface area (Å²) in [6, 6.07) is 15.3. The van der Waals surface area contributed by atoms with Crippen LogP contribution in [0.15, 0.2) is 61.1 Å². The van der Waals surface area contributed by atoms with E-state index < -0.39 is 0 Å². The number of hydrogen-bond donors (Lipinski definition) is 1. The normalized spacial score (nSPS) is 18.4. The van der Waals surface area contributed by atoms with E-state index in [4.69, 9.17) is 10.2 Å². The van der Waals surface area contributed by atoms with Gasteiger partial charge in [0.25, 0.3) is 5.91 Å². The van der Waals surface area contributed by atoms with Gasteiger partial charge in [-0.25, -0.2) is 4.98 Å². The Labute approximate surface area is 179 Å². The standard InChI is InChI=1S/C24H22N6O/c1-16-10-18(15-30(16)24(31)19-4-2-17(11-25)3-5-19)14-29-9-8-22-23(29)7-6-21(28-22)20-12-26-27-13-20/h2-9,12-13,16,18H,10,14-15H2,1H3,(H,26,27). The van der Waals surface area contributed by atoms with Crippen molar-refractivity contribution in [3.63, 3.8) is 0 Å². The molecule has 0 aliphatic carbocycles. The third-order valence-corrected chi connectivity index (χ3v) is 6.06. The van der Waals surface area contributed by atoms with Crippen LogP contribution in [-0.2, 0) is 6.54 Å². The van der Waals surface area contributed by atoms with Crippen molar-refractivity contribution in [2.24, 2.45) is 5.92 Å². The topological polar surface area (TPSA) is 90.6 Å². The number of nitrogens with zero attached hydrogens (tertiary/aromatic N) is 5. The molecule has 0 radical (unpaired) electrons. The number of nitrogens with one attached hydrogen (secondary N) is 1. The molecular formula is C24H22N6O. The second-order valence-corrected chi connectivity index (χ2v) is 8.15. The molecule has 31 heavy (non-hydrogen) atoms. The number of carbonyl (C=O) groups excluding carboxylic acids is 1. The summed E-state index contributed by atoms with van der Waals surface area (Å²) in [5.74, 6) is 0.407. The summed E-state index contributed by atoms with van der Waals surface area (Å²) in [6.07, 6.45) is 6.64. The number of carbonyl (C=O) groups is 1. The number of hydrogen-bond acceptors (Lipinski definition) is 4. The highest BCUT2D eigenvalue weighted by Gasteiger charge is 2.33. The molecule has 1 fully saturated rings.